The van der Waals surface area contributed by atoms with Gasteiger partial charge in [0.25, 0.3) is 5.69 Å². The maximum Gasteiger partial charge on any atom is 0.269 e. The molecule has 4 saturated heterocycles. The van der Waals surface area contributed by atoms with Crippen LogP contribution in [0.15, 0.2) is 65.6 Å². The van der Waals surface area contributed by atoms with Crippen molar-refractivity contribution in [3.8, 4) is 5.75 Å². The topological polar surface area (TPSA) is 119 Å². The molecule has 12 heteroatoms. The van der Waals surface area contributed by atoms with E-state index in [0.717, 1.165) is 56.4 Å². The van der Waals surface area contributed by atoms with E-state index in [-0.39, 0.29) is 5.69 Å². The molecule has 0 aliphatic carbocycles. The molecule has 0 radical (unpaired) electrons. The number of nitrogens with zero attached hydrogens (tertiary/aromatic N) is 5. The molecule has 7 rings (SSSR count). The highest BCUT2D eigenvalue weighted by atomic mass is 32.2. The number of methoxy groups -OCH3 is 1. The first-order valence-electron chi connectivity index (χ1n) is 11.9. The molecule has 3 aromatic rings. The maximum atomic E-state index is 10.4. The monoisotopic (exact) mass is 527 g/mol. The van der Waals surface area contributed by atoms with Gasteiger partial charge in [-0.2, -0.15) is 0 Å². The molecular formula is C25H29N5O6S. The average molecular weight is 528 g/mol. The molecule has 3 aromatic carbocycles. The van der Waals surface area contributed by atoms with Crippen molar-refractivity contribution in [2.75, 3.05) is 53.7 Å². The van der Waals surface area contributed by atoms with Gasteiger partial charge in [0.1, 0.15) is 35.9 Å². The summed E-state index contributed by atoms with van der Waals surface area (Å²) in [6, 6.07) is 16.8. The van der Waals surface area contributed by atoms with E-state index < -0.39 is 19.9 Å². The third kappa shape index (κ3) is 5.59. The smallest absolute Gasteiger partial charge is 0.269 e. The molecule has 37 heavy (non-hydrogen) atoms. The lowest BCUT2D eigenvalue weighted by Gasteiger charge is -2.60. The molecule has 0 spiro atoms. The fourth-order valence-electron chi connectivity index (χ4n) is 5.62. The van der Waals surface area contributed by atoms with E-state index in [0.29, 0.717) is 0 Å². The van der Waals surface area contributed by atoms with Crippen molar-refractivity contribution in [3.05, 3.63) is 76.3 Å². The van der Waals surface area contributed by atoms with Crippen molar-refractivity contribution < 1.29 is 27.1 Å². The largest absolute Gasteiger partial charge is 0.744 e. The van der Waals surface area contributed by atoms with E-state index in [4.69, 9.17) is 4.74 Å². The molecule has 0 unspecified atom stereocenters. The van der Waals surface area contributed by atoms with Crippen LogP contribution in [-0.2, 0) is 16.5 Å². The van der Waals surface area contributed by atoms with Gasteiger partial charge in [-0.05, 0) is 40.6 Å². The van der Waals surface area contributed by atoms with Gasteiger partial charge in [-0.25, -0.2) is 23.1 Å². The first-order chi connectivity index (χ1) is 17.6. The predicted molar refractivity (Wildman–Crippen MR) is 135 cm³/mol. The lowest BCUT2D eigenvalue weighted by molar-refractivity contribution is -0.980. The molecule has 11 nitrogen and oxygen atoms in total. The molecule has 4 fully saturated rings. The van der Waals surface area contributed by atoms with Crippen LogP contribution < -0.4 is 4.74 Å². The van der Waals surface area contributed by atoms with Crippen LogP contribution in [0.1, 0.15) is 5.56 Å². The predicted octanol–water partition coefficient (Wildman–Crippen LogP) is 2.40. The molecule has 4 aliphatic rings. The van der Waals surface area contributed by atoms with Crippen LogP contribution >= 0.6 is 0 Å². The van der Waals surface area contributed by atoms with Crippen LogP contribution in [0.3, 0.4) is 0 Å². The molecule has 0 saturated carbocycles. The summed E-state index contributed by atoms with van der Waals surface area (Å²) in [5.41, 5.74) is 1.19. The molecule has 0 N–H and O–H groups in total. The molecular weight excluding hydrogens is 498 g/mol. The quantitative estimate of drug-likeness (QED) is 0.206. The second kappa shape index (κ2) is 9.97. The number of hydrogen-bond acceptors (Lipinski definition) is 9. The number of nitro benzene ring substituents is 1. The zero-order chi connectivity index (χ0) is 26.2. The number of fused-ring (bicyclic) bond motifs is 1. The number of nitro groups is 1. The first-order valence-corrected chi connectivity index (χ1v) is 13.3. The van der Waals surface area contributed by atoms with Gasteiger partial charge in [0.2, 0.25) is 0 Å². The summed E-state index contributed by atoms with van der Waals surface area (Å²) >= 11 is 0. The summed E-state index contributed by atoms with van der Waals surface area (Å²) in [5.74, 6) is 0.947. The van der Waals surface area contributed by atoms with Gasteiger partial charge in [-0.3, -0.25) is 14.6 Å². The fourth-order valence-corrected chi connectivity index (χ4v) is 6.09. The summed E-state index contributed by atoms with van der Waals surface area (Å²) in [6.45, 7) is 8.30. The molecule has 0 aromatic heterocycles. The van der Waals surface area contributed by atoms with Crippen LogP contribution in [0.25, 0.3) is 10.8 Å². The Morgan fingerprint density at radius 2 is 1.57 bits per heavy atom. The normalized spacial score (nSPS) is 25.9. The Bertz CT molecular complexity index is 1380. The Balaban J connectivity index is 0.000000184. The lowest BCUT2D eigenvalue weighted by atomic mass is 10.0. The third-order valence-electron chi connectivity index (χ3n) is 7.07. The summed E-state index contributed by atoms with van der Waals surface area (Å²) in [4.78, 5) is 16.7. The van der Waals surface area contributed by atoms with Gasteiger partial charge in [0.15, 0.2) is 0 Å². The van der Waals surface area contributed by atoms with Gasteiger partial charge >= 0.3 is 0 Å². The maximum absolute atomic E-state index is 10.4. The minimum Gasteiger partial charge on any atom is -0.744 e. The third-order valence-corrected chi connectivity index (χ3v) is 7.92. The minimum absolute atomic E-state index is 0.257. The standard InChI is InChI=1S/C19H25N4O.C6H5NO5S/c1-24-18-6-5-16-3-2-4-17(19(16)9-18)7-8-23-13-20-10-21(14-23)12-22(11-20)15-23;8-7(9)5-1-3-6(4-2-5)13(10,11)12/h2-6,9H,7-8,10-15H2,1H3;1-4H,(H,10,11,12)/q+1;/p-1. The van der Waals surface area contributed by atoms with Crippen molar-refractivity contribution in [1.29, 1.82) is 0 Å². The number of rotatable bonds is 6. The molecule has 4 bridgehead atoms. The number of hydrogen-bond donors (Lipinski definition) is 0. The van der Waals surface area contributed by atoms with E-state index in [1.807, 2.05) is 0 Å². The fraction of sp³-hybridized carbons (Fsp3) is 0.360. The number of quaternary nitrogens is 1. The Labute approximate surface area is 215 Å². The van der Waals surface area contributed by atoms with Gasteiger partial charge in [0, 0.05) is 18.6 Å². The van der Waals surface area contributed by atoms with E-state index in [9.17, 15) is 23.1 Å². The number of benzene rings is 3. The van der Waals surface area contributed by atoms with Gasteiger partial charge in [-0.1, -0.05) is 24.3 Å². The van der Waals surface area contributed by atoms with Crippen LogP contribution in [0.2, 0.25) is 0 Å². The number of non-ortho nitro benzene ring substituents is 1. The summed E-state index contributed by atoms with van der Waals surface area (Å²) in [7, 11) is -2.77. The van der Waals surface area contributed by atoms with Crippen molar-refractivity contribution in [1.82, 2.24) is 14.7 Å². The Morgan fingerprint density at radius 1 is 0.946 bits per heavy atom. The van der Waals surface area contributed by atoms with E-state index in [2.05, 4.69) is 51.1 Å². The van der Waals surface area contributed by atoms with Crippen molar-refractivity contribution >= 4 is 26.6 Å². The van der Waals surface area contributed by atoms with Crippen molar-refractivity contribution in [3.63, 3.8) is 0 Å². The summed E-state index contributed by atoms with van der Waals surface area (Å²) < 4.78 is 37.8. The Kier molecular flexibility index (Phi) is 6.88. The van der Waals surface area contributed by atoms with Crippen molar-refractivity contribution in [2.24, 2.45) is 0 Å². The molecule has 4 heterocycles. The van der Waals surface area contributed by atoms with E-state index >= 15 is 0 Å². The zero-order valence-electron chi connectivity index (χ0n) is 20.5. The average Bonchev–Trinajstić information content (AvgIpc) is 2.86. The van der Waals surface area contributed by atoms with Crippen LogP contribution in [0, 0.1) is 10.1 Å². The summed E-state index contributed by atoms with van der Waals surface area (Å²) in [6.07, 6.45) is 1.13. The SMILES string of the molecule is COc1ccc2cccc(CC[N+]34CN5CN(CN(C5)C3)C4)c2c1.O=[N+]([O-])c1ccc(S(=O)(=O)[O-])cc1. The van der Waals surface area contributed by atoms with Crippen LogP contribution in [-0.4, -0.2) is 90.7 Å². The summed E-state index contributed by atoms with van der Waals surface area (Å²) in [5, 5.41) is 12.8. The highest BCUT2D eigenvalue weighted by molar-refractivity contribution is 7.85. The second-order valence-corrected chi connectivity index (χ2v) is 11.3. The highest BCUT2D eigenvalue weighted by Gasteiger charge is 2.48. The Hall–Kier alpha value is -3.13. The number of ether oxygens (including phenoxy) is 1. The highest BCUT2D eigenvalue weighted by Crippen LogP contribution is 2.30. The Morgan fingerprint density at radius 3 is 2.11 bits per heavy atom. The van der Waals surface area contributed by atoms with Crippen molar-refractivity contribution in [2.45, 2.75) is 11.3 Å². The minimum atomic E-state index is -4.52. The van der Waals surface area contributed by atoms with Gasteiger partial charge in [-0.15, -0.1) is 0 Å². The van der Waals surface area contributed by atoms with Crippen LogP contribution in [0.5, 0.6) is 5.75 Å². The molecule has 0 atom stereocenters. The molecule has 196 valence electrons. The lowest BCUT2D eigenvalue weighted by Crippen LogP contribution is -2.79. The van der Waals surface area contributed by atoms with Gasteiger partial charge < -0.3 is 9.29 Å². The molecule has 0 amide bonds. The second-order valence-electron chi connectivity index (χ2n) is 9.89. The van der Waals surface area contributed by atoms with E-state index in [1.54, 1.807) is 7.11 Å². The van der Waals surface area contributed by atoms with E-state index in [1.165, 1.54) is 47.4 Å². The first kappa shape index (κ1) is 25.5. The molecule has 4 aliphatic heterocycles. The van der Waals surface area contributed by atoms with Gasteiger partial charge in [0.05, 0.1) is 43.5 Å². The zero-order valence-corrected chi connectivity index (χ0v) is 21.3. The van der Waals surface area contributed by atoms with Crippen LogP contribution in [0.4, 0.5) is 5.69 Å².